The largest absolute Gasteiger partial charge is 0.493 e. The molecule has 4 N–H and O–H groups in total. The number of amides is 2. The van der Waals surface area contributed by atoms with E-state index in [-0.39, 0.29) is 11.8 Å². The number of aromatic nitrogens is 1. The molecule has 9 heteroatoms. The summed E-state index contributed by atoms with van der Waals surface area (Å²) in [5.74, 6) is 0.602. The molecule has 1 aromatic heterocycles. The zero-order valence-electron chi connectivity index (χ0n) is 21.1. The zero-order chi connectivity index (χ0) is 25.9. The van der Waals surface area contributed by atoms with Crippen LogP contribution in [0.25, 0.3) is 0 Å². The molecule has 0 aliphatic heterocycles. The maximum Gasteiger partial charge on any atom is 0.257 e. The molecule has 0 bridgehead atoms. The molecule has 36 heavy (non-hydrogen) atoms. The van der Waals surface area contributed by atoms with Crippen molar-refractivity contribution in [2.45, 2.75) is 45.6 Å². The van der Waals surface area contributed by atoms with E-state index in [2.05, 4.69) is 22.5 Å². The van der Waals surface area contributed by atoms with Crippen molar-refractivity contribution in [3.05, 3.63) is 69.7 Å². The van der Waals surface area contributed by atoms with Gasteiger partial charge in [0.2, 0.25) is 0 Å². The molecule has 2 aromatic carbocycles. The van der Waals surface area contributed by atoms with Crippen molar-refractivity contribution in [1.82, 2.24) is 10.3 Å². The highest BCUT2D eigenvalue weighted by atomic mass is 32.1. The number of aryl methyl sites for hydroxylation is 2. The molecule has 3 aromatic rings. The highest BCUT2D eigenvalue weighted by molar-refractivity contribution is 7.15. The number of carbonyl (C=O) groups is 2. The molecule has 1 aliphatic rings. The van der Waals surface area contributed by atoms with E-state index < -0.39 is 0 Å². The number of carbonyl (C=O) groups excluding carboxylic acids is 2. The van der Waals surface area contributed by atoms with E-state index in [0.29, 0.717) is 34.3 Å². The molecule has 192 valence electrons. The van der Waals surface area contributed by atoms with Gasteiger partial charge in [-0.1, -0.05) is 19.1 Å². The van der Waals surface area contributed by atoms with Gasteiger partial charge in [0.05, 0.1) is 19.9 Å². The number of methoxy groups -OCH3 is 2. The first-order valence-corrected chi connectivity index (χ1v) is 12.9. The summed E-state index contributed by atoms with van der Waals surface area (Å²) in [6, 6.07) is 12.2. The fourth-order valence-electron chi connectivity index (χ4n) is 3.66. The summed E-state index contributed by atoms with van der Waals surface area (Å²) in [6.45, 7) is 3.17. The first-order chi connectivity index (χ1) is 17.5. The van der Waals surface area contributed by atoms with E-state index in [1.165, 1.54) is 18.4 Å². The second kappa shape index (κ2) is 13.6. The van der Waals surface area contributed by atoms with Crippen LogP contribution >= 0.6 is 11.3 Å². The van der Waals surface area contributed by atoms with Gasteiger partial charge < -0.3 is 20.5 Å². The molecule has 1 heterocycles. The van der Waals surface area contributed by atoms with Crippen molar-refractivity contribution < 1.29 is 19.1 Å². The summed E-state index contributed by atoms with van der Waals surface area (Å²) in [5, 5.41) is 6.44. The second-order valence-corrected chi connectivity index (χ2v) is 9.38. The average molecular weight is 511 g/mol. The Hall–Kier alpha value is -3.43. The molecule has 0 radical (unpaired) electrons. The van der Waals surface area contributed by atoms with Gasteiger partial charge in [-0.15, -0.1) is 11.3 Å². The minimum Gasteiger partial charge on any atom is -0.493 e. The Morgan fingerprint density at radius 2 is 1.72 bits per heavy atom. The molecule has 0 spiro atoms. The van der Waals surface area contributed by atoms with Gasteiger partial charge in [0.15, 0.2) is 16.6 Å². The van der Waals surface area contributed by atoms with Crippen molar-refractivity contribution >= 4 is 28.3 Å². The molecule has 0 fully saturated rings. The minimum absolute atomic E-state index is 0.204. The molecule has 0 saturated carbocycles. The van der Waals surface area contributed by atoms with Gasteiger partial charge in [-0.25, -0.2) is 4.98 Å². The van der Waals surface area contributed by atoms with E-state index >= 15 is 0 Å². The van der Waals surface area contributed by atoms with Crippen LogP contribution in [-0.4, -0.2) is 37.6 Å². The molecule has 0 atom stereocenters. The van der Waals surface area contributed by atoms with Gasteiger partial charge in [0, 0.05) is 22.5 Å². The highest BCUT2D eigenvalue weighted by Gasteiger charge is 2.17. The smallest absolute Gasteiger partial charge is 0.257 e. The van der Waals surface area contributed by atoms with Crippen LogP contribution in [-0.2, 0) is 19.4 Å². The molecule has 1 aliphatic carbocycles. The fourth-order valence-corrected chi connectivity index (χ4v) is 4.70. The van der Waals surface area contributed by atoms with Crippen molar-refractivity contribution in [2.75, 3.05) is 26.1 Å². The quantitative estimate of drug-likeness (QED) is 0.409. The Kier molecular flexibility index (Phi) is 10.3. The number of benzene rings is 2. The van der Waals surface area contributed by atoms with Crippen molar-refractivity contribution in [3.8, 4) is 11.5 Å². The van der Waals surface area contributed by atoms with E-state index in [9.17, 15) is 9.59 Å². The monoisotopic (exact) mass is 510 g/mol. The predicted octanol–water partition coefficient (Wildman–Crippen LogP) is 4.58. The van der Waals surface area contributed by atoms with E-state index in [0.717, 1.165) is 43.5 Å². The number of rotatable bonds is 8. The van der Waals surface area contributed by atoms with Gasteiger partial charge in [-0.2, -0.15) is 0 Å². The number of nitrogens with one attached hydrogen (secondary N) is 2. The Morgan fingerprint density at radius 1 is 1.00 bits per heavy atom. The summed E-state index contributed by atoms with van der Waals surface area (Å²) < 4.78 is 10.5. The summed E-state index contributed by atoms with van der Waals surface area (Å²) in [5.41, 5.74) is 7.95. The number of anilines is 1. The second-order valence-electron chi connectivity index (χ2n) is 8.29. The molecule has 8 nitrogen and oxygen atoms in total. The van der Waals surface area contributed by atoms with E-state index in [4.69, 9.17) is 15.2 Å². The lowest BCUT2D eigenvalue weighted by molar-refractivity contribution is 0.0950. The lowest BCUT2D eigenvalue weighted by Gasteiger charge is -2.10. The molecule has 4 rings (SSSR count). The maximum absolute atomic E-state index is 12.7. The molecule has 2 amide bonds. The zero-order valence-corrected chi connectivity index (χ0v) is 21.9. The van der Waals surface area contributed by atoms with Crippen LogP contribution in [0.2, 0.25) is 0 Å². The predicted molar refractivity (Wildman–Crippen MR) is 143 cm³/mol. The number of hydrogen-bond donors (Lipinski definition) is 3. The Bertz CT molecular complexity index is 1150. The summed E-state index contributed by atoms with van der Waals surface area (Å²) in [4.78, 5) is 31.1. The van der Waals surface area contributed by atoms with Gasteiger partial charge in [-0.05, 0) is 74.5 Å². The van der Waals surface area contributed by atoms with Gasteiger partial charge in [0.25, 0.3) is 11.8 Å². The minimum atomic E-state index is -0.242. The van der Waals surface area contributed by atoms with E-state index in [1.54, 1.807) is 54.8 Å². The maximum atomic E-state index is 12.7. The fraction of sp³-hybridized carbons (Fsp3) is 0.370. The van der Waals surface area contributed by atoms with Gasteiger partial charge in [-0.3, -0.25) is 14.9 Å². The molecule has 0 unspecified atom stereocenters. The van der Waals surface area contributed by atoms with Crippen molar-refractivity contribution in [1.29, 1.82) is 0 Å². The highest BCUT2D eigenvalue weighted by Crippen LogP contribution is 2.30. The lowest BCUT2D eigenvalue weighted by atomic mass is 10.0. The van der Waals surface area contributed by atoms with Gasteiger partial charge >= 0.3 is 0 Å². The number of fused-ring (bicyclic) bond motifs is 1. The third-order valence-electron chi connectivity index (χ3n) is 5.64. The van der Waals surface area contributed by atoms with Crippen LogP contribution in [0.15, 0.2) is 42.5 Å². The number of hydrogen-bond acceptors (Lipinski definition) is 7. The van der Waals surface area contributed by atoms with Crippen LogP contribution in [0.3, 0.4) is 0 Å². The lowest BCUT2D eigenvalue weighted by Crippen LogP contribution is -2.23. The van der Waals surface area contributed by atoms with Gasteiger partial charge in [0.1, 0.15) is 0 Å². The Balaban J connectivity index is 0.000000840. The Labute approximate surface area is 216 Å². The summed E-state index contributed by atoms with van der Waals surface area (Å²) in [6.07, 6.45) is 5.45. The first-order valence-electron chi connectivity index (χ1n) is 12.1. The number of ether oxygens (including phenoxy) is 2. The third kappa shape index (κ3) is 7.29. The third-order valence-corrected chi connectivity index (χ3v) is 6.72. The van der Waals surface area contributed by atoms with Crippen molar-refractivity contribution in [3.63, 3.8) is 0 Å². The van der Waals surface area contributed by atoms with Crippen molar-refractivity contribution in [2.24, 2.45) is 5.73 Å². The van der Waals surface area contributed by atoms with Crippen LogP contribution in [0.4, 0.5) is 5.13 Å². The number of nitrogens with two attached hydrogens (primary N) is 1. The number of nitrogens with zero attached hydrogens (tertiary/aromatic N) is 1. The molecular weight excluding hydrogens is 476 g/mol. The summed E-state index contributed by atoms with van der Waals surface area (Å²) >= 11 is 1.56. The topological polar surface area (TPSA) is 116 Å². The Morgan fingerprint density at radius 3 is 2.42 bits per heavy atom. The SMILES string of the molecule is CCCN.COc1ccc(C(=O)NCc2cccc(C(=O)Nc3nc4c(s3)CCCC4)c2)cc1OC. The molecule has 0 saturated heterocycles. The van der Waals surface area contributed by atoms with Crippen LogP contribution in [0.1, 0.15) is 63.0 Å². The number of thiazole rings is 1. The first kappa shape index (κ1) is 27.2. The molecular formula is C27H34N4O4S. The standard InChI is InChI=1S/C24H25N3O4S.C3H9N/c1-30-19-11-10-17(13-20(19)31-2)22(28)25-14-15-6-5-7-16(12-15)23(29)27-24-26-18-8-3-4-9-21(18)32-24;1-2-3-4/h5-7,10-13H,3-4,8-9,14H2,1-2H3,(H,25,28)(H,26,27,29);2-4H2,1H3. The van der Waals surface area contributed by atoms with Crippen LogP contribution in [0, 0.1) is 0 Å². The van der Waals surface area contributed by atoms with E-state index in [1.807, 2.05) is 6.07 Å². The average Bonchev–Trinajstić information content (AvgIpc) is 3.33. The van der Waals surface area contributed by atoms with Crippen LogP contribution < -0.4 is 25.8 Å². The summed E-state index contributed by atoms with van der Waals surface area (Å²) in [7, 11) is 3.07. The van der Waals surface area contributed by atoms with Crippen LogP contribution in [0.5, 0.6) is 11.5 Å². The normalized spacial score (nSPS) is 12.0.